The Morgan fingerprint density at radius 3 is 2.56 bits per heavy atom. The van der Waals surface area contributed by atoms with Gasteiger partial charge in [-0.2, -0.15) is 0 Å². The number of piperidine rings is 1. The van der Waals surface area contributed by atoms with E-state index in [0.717, 1.165) is 17.6 Å². The minimum absolute atomic E-state index is 0.0288. The van der Waals surface area contributed by atoms with Gasteiger partial charge in [-0.05, 0) is 26.2 Å². The molecule has 1 saturated carbocycles. The molecule has 1 aliphatic carbocycles. The highest BCUT2D eigenvalue weighted by atomic mass is 16.3. The number of aliphatic hydroxyl groups is 1. The van der Waals surface area contributed by atoms with Crippen LogP contribution in [0.4, 0.5) is 0 Å². The van der Waals surface area contributed by atoms with Crippen molar-refractivity contribution in [2.75, 3.05) is 0 Å². The minimum Gasteiger partial charge on any atom is -0.391 e. The van der Waals surface area contributed by atoms with Gasteiger partial charge < -0.3 is 10.4 Å². The fourth-order valence-electron chi connectivity index (χ4n) is 3.22. The molecule has 1 aliphatic heterocycles. The van der Waals surface area contributed by atoms with Crippen LogP contribution in [-0.2, 0) is 4.79 Å². The van der Waals surface area contributed by atoms with Gasteiger partial charge in [0.05, 0.1) is 12.1 Å². The van der Waals surface area contributed by atoms with Gasteiger partial charge in [-0.15, -0.1) is 0 Å². The Bertz CT molecular complexity index is 338. The van der Waals surface area contributed by atoms with Crippen LogP contribution < -0.4 is 5.32 Å². The average molecular weight is 251 g/mol. The summed E-state index contributed by atoms with van der Waals surface area (Å²) in [5.74, 6) is 0.716. The SMILES string of the molecule is CC(C)=C1C[C@H](O)[C@H](CC2CCCCC2)NC1=O. The van der Waals surface area contributed by atoms with Gasteiger partial charge in [0.1, 0.15) is 0 Å². The van der Waals surface area contributed by atoms with Crippen molar-refractivity contribution in [2.24, 2.45) is 5.92 Å². The Kier molecular flexibility index (Phi) is 4.44. The third kappa shape index (κ3) is 3.14. The number of carbonyl (C=O) groups excluding carboxylic acids is 1. The van der Waals surface area contributed by atoms with Crippen LogP contribution in [0.25, 0.3) is 0 Å². The Morgan fingerprint density at radius 1 is 1.28 bits per heavy atom. The number of hydrogen-bond donors (Lipinski definition) is 2. The predicted octanol–water partition coefficient (Wildman–Crippen LogP) is 2.54. The van der Waals surface area contributed by atoms with E-state index in [2.05, 4.69) is 5.32 Å². The van der Waals surface area contributed by atoms with E-state index in [4.69, 9.17) is 0 Å². The van der Waals surface area contributed by atoms with E-state index in [0.29, 0.717) is 12.3 Å². The summed E-state index contributed by atoms with van der Waals surface area (Å²) in [6.07, 6.45) is 7.53. The molecular weight excluding hydrogens is 226 g/mol. The van der Waals surface area contributed by atoms with Crippen molar-refractivity contribution < 1.29 is 9.90 Å². The standard InChI is InChI=1S/C15H25NO2/c1-10(2)12-9-14(17)13(16-15(12)18)8-11-6-4-3-5-7-11/h11,13-14,17H,3-9H2,1-2H3,(H,16,18)/t13-,14-/m0/s1. The lowest BCUT2D eigenvalue weighted by atomic mass is 9.81. The molecule has 18 heavy (non-hydrogen) atoms. The van der Waals surface area contributed by atoms with Crippen LogP contribution in [0.3, 0.4) is 0 Å². The monoisotopic (exact) mass is 251 g/mol. The van der Waals surface area contributed by atoms with Crippen LogP contribution in [0.15, 0.2) is 11.1 Å². The molecule has 2 fully saturated rings. The zero-order chi connectivity index (χ0) is 13.1. The first-order valence-corrected chi connectivity index (χ1v) is 7.23. The number of allylic oxidation sites excluding steroid dienone is 1. The lowest BCUT2D eigenvalue weighted by Gasteiger charge is -2.34. The summed E-state index contributed by atoms with van der Waals surface area (Å²) in [6.45, 7) is 3.87. The van der Waals surface area contributed by atoms with E-state index in [1.54, 1.807) is 0 Å². The van der Waals surface area contributed by atoms with E-state index in [9.17, 15) is 9.90 Å². The number of carbonyl (C=O) groups is 1. The highest BCUT2D eigenvalue weighted by Gasteiger charge is 2.32. The number of aliphatic hydroxyl groups excluding tert-OH is 1. The Morgan fingerprint density at radius 2 is 1.94 bits per heavy atom. The zero-order valence-electron chi connectivity index (χ0n) is 11.5. The summed E-state index contributed by atoms with van der Waals surface area (Å²) >= 11 is 0. The summed E-state index contributed by atoms with van der Waals surface area (Å²) in [6, 6.07) is -0.0382. The van der Waals surface area contributed by atoms with E-state index >= 15 is 0 Å². The second-order valence-electron chi connectivity index (χ2n) is 6.07. The summed E-state index contributed by atoms with van der Waals surface area (Å²) in [5, 5.41) is 13.2. The van der Waals surface area contributed by atoms with Gasteiger partial charge in [0.2, 0.25) is 5.91 Å². The number of amides is 1. The quantitative estimate of drug-likeness (QED) is 0.741. The first-order valence-electron chi connectivity index (χ1n) is 7.23. The topological polar surface area (TPSA) is 49.3 Å². The number of hydrogen-bond acceptors (Lipinski definition) is 2. The fraction of sp³-hybridized carbons (Fsp3) is 0.800. The normalized spacial score (nSPS) is 30.2. The molecule has 0 radical (unpaired) electrons. The van der Waals surface area contributed by atoms with Crippen LogP contribution >= 0.6 is 0 Å². The van der Waals surface area contributed by atoms with Crippen molar-refractivity contribution in [3.63, 3.8) is 0 Å². The fourth-order valence-corrected chi connectivity index (χ4v) is 3.22. The molecule has 0 aromatic heterocycles. The van der Waals surface area contributed by atoms with Gasteiger partial charge in [-0.25, -0.2) is 0 Å². The lowest BCUT2D eigenvalue weighted by molar-refractivity contribution is -0.121. The van der Waals surface area contributed by atoms with Gasteiger partial charge in [-0.1, -0.05) is 37.7 Å². The highest BCUT2D eigenvalue weighted by Crippen LogP contribution is 2.30. The molecular formula is C15H25NO2. The molecule has 1 heterocycles. The van der Waals surface area contributed by atoms with E-state index < -0.39 is 6.10 Å². The maximum absolute atomic E-state index is 12.0. The molecule has 0 spiro atoms. The Labute approximate surface area is 110 Å². The molecule has 0 bridgehead atoms. The molecule has 2 N–H and O–H groups in total. The van der Waals surface area contributed by atoms with Gasteiger partial charge in [0.25, 0.3) is 0 Å². The summed E-state index contributed by atoms with van der Waals surface area (Å²) in [5.41, 5.74) is 1.78. The Hall–Kier alpha value is -0.830. The largest absolute Gasteiger partial charge is 0.391 e. The van der Waals surface area contributed by atoms with Crippen molar-refractivity contribution in [3.8, 4) is 0 Å². The Balaban J connectivity index is 1.94. The van der Waals surface area contributed by atoms with Crippen LogP contribution in [0, 0.1) is 5.92 Å². The van der Waals surface area contributed by atoms with E-state index in [-0.39, 0.29) is 11.9 Å². The second-order valence-corrected chi connectivity index (χ2v) is 6.07. The van der Waals surface area contributed by atoms with Crippen molar-refractivity contribution in [1.82, 2.24) is 5.32 Å². The van der Waals surface area contributed by atoms with Crippen molar-refractivity contribution in [3.05, 3.63) is 11.1 Å². The van der Waals surface area contributed by atoms with Crippen LogP contribution in [-0.4, -0.2) is 23.2 Å². The lowest BCUT2D eigenvalue weighted by Crippen LogP contribution is -2.50. The first-order chi connectivity index (χ1) is 8.58. The number of rotatable bonds is 2. The maximum Gasteiger partial charge on any atom is 0.247 e. The molecule has 0 aromatic carbocycles. The van der Waals surface area contributed by atoms with Crippen LogP contribution in [0.2, 0.25) is 0 Å². The van der Waals surface area contributed by atoms with Crippen molar-refractivity contribution in [1.29, 1.82) is 0 Å². The summed E-state index contributed by atoms with van der Waals surface area (Å²) < 4.78 is 0. The summed E-state index contributed by atoms with van der Waals surface area (Å²) in [7, 11) is 0. The van der Waals surface area contributed by atoms with Gasteiger partial charge >= 0.3 is 0 Å². The van der Waals surface area contributed by atoms with Gasteiger partial charge in [0, 0.05) is 12.0 Å². The molecule has 0 aromatic rings. The molecule has 3 heteroatoms. The smallest absolute Gasteiger partial charge is 0.247 e. The average Bonchev–Trinajstić information content (AvgIpc) is 2.34. The molecule has 0 unspecified atom stereocenters. The number of nitrogens with one attached hydrogen (secondary N) is 1. The van der Waals surface area contributed by atoms with Crippen LogP contribution in [0.1, 0.15) is 58.8 Å². The highest BCUT2D eigenvalue weighted by molar-refractivity contribution is 5.95. The van der Waals surface area contributed by atoms with Gasteiger partial charge in [-0.3, -0.25) is 4.79 Å². The third-order valence-corrected chi connectivity index (χ3v) is 4.38. The minimum atomic E-state index is -0.408. The molecule has 102 valence electrons. The van der Waals surface area contributed by atoms with E-state index in [1.807, 2.05) is 13.8 Å². The molecule has 2 atom stereocenters. The zero-order valence-corrected chi connectivity index (χ0v) is 11.5. The molecule has 1 amide bonds. The first kappa shape index (κ1) is 13.6. The van der Waals surface area contributed by atoms with Gasteiger partial charge in [0.15, 0.2) is 0 Å². The molecule has 2 aliphatic rings. The van der Waals surface area contributed by atoms with Crippen molar-refractivity contribution in [2.45, 2.75) is 70.9 Å². The summed E-state index contributed by atoms with van der Waals surface area (Å²) in [4.78, 5) is 12.0. The molecule has 1 saturated heterocycles. The second kappa shape index (κ2) is 5.87. The predicted molar refractivity (Wildman–Crippen MR) is 72.1 cm³/mol. The van der Waals surface area contributed by atoms with Crippen molar-refractivity contribution >= 4 is 5.91 Å². The van der Waals surface area contributed by atoms with E-state index in [1.165, 1.54) is 32.1 Å². The maximum atomic E-state index is 12.0. The van der Waals surface area contributed by atoms with Crippen LogP contribution in [0.5, 0.6) is 0 Å². The third-order valence-electron chi connectivity index (χ3n) is 4.38. The molecule has 2 rings (SSSR count). The molecule has 3 nitrogen and oxygen atoms in total.